The smallest absolute Gasteiger partial charge is 0.230 e. The van der Waals surface area contributed by atoms with Crippen LogP contribution in [0.25, 0.3) is 10.9 Å². The normalized spacial score (nSPS) is 15.1. The van der Waals surface area contributed by atoms with E-state index in [2.05, 4.69) is 16.4 Å². The molecule has 0 saturated heterocycles. The molecule has 1 heterocycles. The average molecular weight is 340 g/mol. The van der Waals surface area contributed by atoms with Gasteiger partial charge in [0.1, 0.15) is 5.75 Å². The monoisotopic (exact) mass is 340 g/mol. The minimum absolute atomic E-state index is 0.0626. The number of fused-ring (bicyclic) bond motifs is 1. The standard InChI is InChI=1S/C21H28N2O2/c1-21(2,20(24)22-12-11-15-7-5-4-6-8-15)18-14-23-19-10-9-16(25-3)13-17(18)19/h7,9-10,13-14,23H,4-6,8,11-12H2,1-3H3,(H,22,24). The average Bonchev–Trinajstić information content (AvgIpc) is 3.06. The molecule has 0 aliphatic heterocycles. The van der Waals surface area contributed by atoms with Crippen molar-refractivity contribution in [2.45, 2.75) is 51.4 Å². The minimum Gasteiger partial charge on any atom is -0.497 e. The number of rotatable bonds is 6. The third kappa shape index (κ3) is 3.73. The number of aromatic amines is 1. The molecule has 0 fully saturated rings. The van der Waals surface area contributed by atoms with Crippen LogP contribution in [0, 0.1) is 0 Å². The van der Waals surface area contributed by atoms with Crippen molar-refractivity contribution in [2.75, 3.05) is 13.7 Å². The van der Waals surface area contributed by atoms with E-state index in [0.29, 0.717) is 6.54 Å². The Kier molecular flexibility index (Phi) is 5.16. The number of ether oxygens (including phenoxy) is 1. The van der Waals surface area contributed by atoms with Crippen LogP contribution in [0.3, 0.4) is 0 Å². The molecule has 1 aromatic carbocycles. The summed E-state index contributed by atoms with van der Waals surface area (Å²) in [6, 6.07) is 5.90. The van der Waals surface area contributed by atoms with Gasteiger partial charge in [-0.15, -0.1) is 0 Å². The van der Waals surface area contributed by atoms with Gasteiger partial charge in [0, 0.05) is 23.6 Å². The molecule has 2 N–H and O–H groups in total. The number of carbonyl (C=O) groups is 1. The lowest BCUT2D eigenvalue weighted by molar-refractivity contribution is -0.125. The van der Waals surface area contributed by atoms with Gasteiger partial charge in [-0.3, -0.25) is 4.79 Å². The zero-order chi connectivity index (χ0) is 17.9. The number of benzene rings is 1. The minimum atomic E-state index is -0.606. The summed E-state index contributed by atoms with van der Waals surface area (Å²) in [6.45, 7) is 4.66. The lowest BCUT2D eigenvalue weighted by atomic mass is 9.83. The summed E-state index contributed by atoms with van der Waals surface area (Å²) in [5, 5.41) is 4.16. The summed E-state index contributed by atoms with van der Waals surface area (Å²) in [7, 11) is 1.66. The van der Waals surface area contributed by atoms with E-state index in [9.17, 15) is 4.79 Å². The molecule has 1 amide bonds. The van der Waals surface area contributed by atoms with Crippen LogP contribution in [0.2, 0.25) is 0 Å². The van der Waals surface area contributed by atoms with Crippen LogP contribution in [0.5, 0.6) is 5.75 Å². The Balaban J connectivity index is 1.71. The molecule has 134 valence electrons. The van der Waals surface area contributed by atoms with Gasteiger partial charge < -0.3 is 15.0 Å². The number of hydrogen-bond acceptors (Lipinski definition) is 2. The van der Waals surface area contributed by atoms with Gasteiger partial charge >= 0.3 is 0 Å². The van der Waals surface area contributed by atoms with Gasteiger partial charge in [0.2, 0.25) is 5.91 Å². The van der Waals surface area contributed by atoms with E-state index in [4.69, 9.17) is 4.74 Å². The van der Waals surface area contributed by atoms with Crippen LogP contribution < -0.4 is 10.1 Å². The first-order valence-corrected chi connectivity index (χ1v) is 9.14. The van der Waals surface area contributed by atoms with Crippen molar-refractivity contribution in [2.24, 2.45) is 0 Å². The highest BCUT2D eigenvalue weighted by Crippen LogP contribution is 2.32. The third-order valence-electron chi connectivity index (χ3n) is 5.25. The van der Waals surface area contributed by atoms with Crippen molar-refractivity contribution in [3.63, 3.8) is 0 Å². The largest absolute Gasteiger partial charge is 0.497 e. The van der Waals surface area contributed by atoms with Crippen LogP contribution in [0.15, 0.2) is 36.0 Å². The molecule has 0 bridgehead atoms. The molecular formula is C21H28N2O2. The number of hydrogen-bond donors (Lipinski definition) is 2. The lowest BCUT2D eigenvalue weighted by Gasteiger charge is -2.24. The molecule has 1 aliphatic carbocycles. The Hall–Kier alpha value is -2.23. The Labute approximate surface area is 149 Å². The van der Waals surface area contributed by atoms with Gasteiger partial charge in [-0.2, -0.15) is 0 Å². The molecule has 0 unspecified atom stereocenters. The number of H-pyrrole nitrogens is 1. The molecule has 3 rings (SSSR count). The fraction of sp³-hybridized carbons (Fsp3) is 0.476. The van der Waals surface area contributed by atoms with Gasteiger partial charge in [0.15, 0.2) is 0 Å². The van der Waals surface area contributed by atoms with Crippen LogP contribution >= 0.6 is 0 Å². The summed E-state index contributed by atoms with van der Waals surface area (Å²) in [5.74, 6) is 0.862. The SMILES string of the molecule is COc1ccc2[nH]cc(C(C)(C)C(=O)NCCC3=CCCCC3)c2c1. The van der Waals surface area contributed by atoms with E-state index in [0.717, 1.165) is 28.6 Å². The fourth-order valence-corrected chi connectivity index (χ4v) is 3.56. The summed E-state index contributed by atoms with van der Waals surface area (Å²) in [5.41, 5.74) is 2.90. The van der Waals surface area contributed by atoms with Crippen LogP contribution in [0.4, 0.5) is 0 Å². The molecule has 0 radical (unpaired) electrons. The summed E-state index contributed by atoms with van der Waals surface area (Å²) >= 11 is 0. The van der Waals surface area contributed by atoms with Crippen LogP contribution in [0.1, 0.15) is 51.5 Å². The number of amides is 1. The molecule has 4 nitrogen and oxygen atoms in total. The predicted octanol–water partition coefficient (Wildman–Crippen LogP) is 4.46. The van der Waals surface area contributed by atoms with Crippen molar-refractivity contribution < 1.29 is 9.53 Å². The van der Waals surface area contributed by atoms with Gasteiger partial charge in [-0.1, -0.05) is 11.6 Å². The number of carbonyl (C=O) groups excluding carboxylic acids is 1. The van der Waals surface area contributed by atoms with E-state index in [1.54, 1.807) is 7.11 Å². The van der Waals surface area contributed by atoms with Crippen molar-refractivity contribution in [3.8, 4) is 5.75 Å². The Bertz CT molecular complexity index is 786. The number of methoxy groups -OCH3 is 1. The van der Waals surface area contributed by atoms with E-state index in [-0.39, 0.29) is 5.91 Å². The van der Waals surface area contributed by atoms with E-state index < -0.39 is 5.41 Å². The molecule has 1 aliphatic rings. The summed E-state index contributed by atoms with van der Waals surface area (Å²) in [4.78, 5) is 16.1. The first-order valence-electron chi connectivity index (χ1n) is 9.14. The maximum Gasteiger partial charge on any atom is 0.230 e. The Morgan fingerprint density at radius 3 is 2.88 bits per heavy atom. The maximum absolute atomic E-state index is 12.8. The number of aromatic nitrogens is 1. The highest BCUT2D eigenvalue weighted by molar-refractivity contribution is 5.95. The van der Waals surface area contributed by atoms with Crippen molar-refractivity contribution in [1.29, 1.82) is 0 Å². The molecule has 0 saturated carbocycles. The fourth-order valence-electron chi connectivity index (χ4n) is 3.56. The molecular weight excluding hydrogens is 312 g/mol. The summed E-state index contributed by atoms with van der Waals surface area (Å²) < 4.78 is 5.33. The highest BCUT2D eigenvalue weighted by atomic mass is 16.5. The van der Waals surface area contributed by atoms with E-state index in [1.807, 2.05) is 38.2 Å². The second-order valence-corrected chi connectivity index (χ2v) is 7.35. The molecule has 4 heteroatoms. The zero-order valence-electron chi connectivity index (χ0n) is 15.4. The molecule has 2 aromatic rings. The maximum atomic E-state index is 12.8. The van der Waals surface area contributed by atoms with Crippen molar-refractivity contribution >= 4 is 16.8 Å². The predicted molar refractivity (Wildman–Crippen MR) is 102 cm³/mol. The number of nitrogens with one attached hydrogen (secondary N) is 2. The first kappa shape index (κ1) is 17.6. The molecule has 25 heavy (non-hydrogen) atoms. The second-order valence-electron chi connectivity index (χ2n) is 7.35. The van der Waals surface area contributed by atoms with Gasteiger partial charge in [-0.05, 0) is 69.7 Å². The molecule has 1 aromatic heterocycles. The van der Waals surface area contributed by atoms with E-state index >= 15 is 0 Å². The summed E-state index contributed by atoms with van der Waals surface area (Å²) in [6.07, 6.45) is 10.2. The van der Waals surface area contributed by atoms with Crippen molar-refractivity contribution in [1.82, 2.24) is 10.3 Å². The molecule has 0 atom stereocenters. The van der Waals surface area contributed by atoms with Gasteiger partial charge in [0.05, 0.1) is 12.5 Å². The second kappa shape index (κ2) is 7.34. The topological polar surface area (TPSA) is 54.1 Å². The van der Waals surface area contributed by atoms with Crippen molar-refractivity contribution in [3.05, 3.63) is 41.6 Å². The quantitative estimate of drug-likeness (QED) is 0.763. The first-order chi connectivity index (χ1) is 12.0. The third-order valence-corrected chi connectivity index (χ3v) is 5.25. The van der Waals surface area contributed by atoms with Gasteiger partial charge in [-0.25, -0.2) is 0 Å². The van der Waals surface area contributed by atoms with Gasteiger partial charge in [0.25, 0.3) is 0 Å². The number of allylic oxidation sites excluding steroid dienone is 1. The highest BCUT2D eigenvalue weighted by Gasteiger charge is 2.32. The van der Waals surface area contributed by atoms with E-state index in [1.165, 1.54) is 31.3 Å². The Morgan fingerprint density at radius 2 is 2.16 bits per heavy atom. The lowest BCUT2D eigenvalue weighted by Crippen LogP contribution is -2.40. The van der Waals surface area contributed by atoms with Crippen LogP contribution in [-0.4, -0.2) is 24.5 Å². The zero-order valence-corrected chi connectivity index (χ0v) is 15.4. The van der Waals surface area contributed by atoms with Crippen LogP contribution in [-0.2, 0) is 10.2 Å². The Morgan fingerprint density at radius 1 is 1.32 bits per heavy atom. The molecule has 0 spiro atoms.